The highest BCUT2D eigenvalue weighted by molar-refractivity contribution is 9.10. The van der Waals surface area contributed by atoms with Crippen LogP contribution in [0.4, 0.5) is 0 Å². The lowest BCUT2D eigenvalue weighted by molar-refractivity contribution is 0.00975. The van der Waals surface area contributed by atoms with Crippen LogP contribution in [-0.4, -0.2) is 18.6 Å². The van der Waals surface area contributed by atoms with Gasteiger partial charge in [-0.25, -0.2) is 0 Å². The summed E-state index contributed by atoms with van der Waals surface area (Å²) in [6.45, 7) is 2.37. The number of hydrogen-bond donors (Lipinski definition) is 1. The SMILES string of the molecule is COC(C)(CN)c1cncc(Br)c1. The Morgan fingerprint density at radius 3 is 2.77 bits per heavy atom. The number of hydrogen-bond acceptors (Lipinski definition) is 3. The molecule has 0 aliphatic heterocycles. The molecule has 0 aliphatic rings. The van der Waals surface area contributed by atoms with Crippen LogP contribution >= 0.6 is 15.9 Å². The summed E-state index contributed by atoms with van der Waals surface area (Å²) in [5.41, 5.74) is 6.16. The number of halogens is 1. The van der Waals surface area contributed by atoms with Gasteiger partial charge in [-0.1, -0.05) is 0 Å². The second-order valence-electron chi connectivity index (χ2n) is 3.03. The molecule has 1 atom stereocenters. The number of aromatic nitrogens is 1. The van der Waals surface area contributed by atoms with Crippen LogP contribution in [0.2, 0.25) is 0 Å². The molecule has 1 unspecified atom stereocenters. The van der Waals surface area contributed by atoms with Gasteiger partial charge in [-0.05, 0) is 28.9 Å². The van der Waals surface area contributed by atoms with E-state index in [1.165, 1.54) is 0 Å². The quantitative estimate of drug-likeness (QED) is 0.881. The third-order valence-electron chi connectivity index (χ3n) is 2.16. The first kappa shape index (κ1) is 10.6. The van der Waals surface area contributed by atoms with Crippen LogP contribution in [0.15, 0.2) is 22.9 Å². The summed E-state index contributed by atoms with van der Waals surface area (Å²) in [4.78, 5) is 4.06. The van der Waals surface area contributed by atoms with Crippen molar-refractivity contribution in [2.75, 3.05) is 13.7 Å². The van der Waals surface area contributed by atoms with Crippen LogP contribution in [0.1, 0.15) is 12.5 Å². The molecule has 0 fully saturated rings. The Morgan fingerprint density at radius 2 is 2.31 bits per heavy atom. The van der Waals surface area contributed by atoms with Crippen molar-refractivity contribution in [3.8, 4) is 0 Å². The molecular formula is C9H13BrN2O. The minimum absolute atomic E-state index is 0.432. The van der Waals surface area contributed by atoms with Crippen molar-refractivity contribution in [1.29, 1.82) is 0 Å². The molecule has 3 nitrogen and oxygen atoms in total. The van der Waals surface area contributed by atoms with Gasteiger partial charge >= 0.3 is 0 Å². The van der Waals surface area contributed by atoms with Gasteiger partial charge in [0.2, 0.25) is 0 Å². The number of nitrogens with two attached hydrogens (primary N) is 1. The van der Waals surface area contributed by atoms with Crippen LogP contribution in [0, 0.1) is 0 Å². The molecule has 0 spiro atoms. The molecule has 0 bridgehead atoms. The van der Waals surface area contributed by atoms with E-state index in [9.17, 15) is 0 Å². The fourth-order valence-corrected chi connectivity index (χ4v) is 1.38. The first-order valence-corrected chi connectivity index (χ1v) is 4.78. The van der Waals surface area contributed by atoms with Crippen LogP contribution in [0.3, 0.4) is 0 Å². The lowest BCUT2D eigenvalue weighted by Gasteiger charge is -2.26. The van der Waals surface area contributed by atoms with Crippen molar-refractivity contribution < 1.29 is 4.74 Å². The molecule has 0 aliphatic carbocycles. The van der Waals surface area contributed by atoms with Gasteiger partial charge in [0, 0.05) is 36.1 Å². The van der Waals surface area contributed by atoms with E-state index in [0.29, 0.717) is 6.54 Å². The Morgan fingerprint density at radius 1 is 1.62 bits per heavy atom. The molecule has 0 radical (unpaired) electrons. The summed E-state index contributed by atoms with van der Waals surface area (Å²) in [5.74, 6) is 0. The molecular weight excluding hydrogens is 232 g/mol. The van der Waals surface area contributed by atoms with Gasteiger partial charge in [0.25, 0.3) is 0 Å². The summed E-state index contributed by atoms with van der Waals surface area (Å²) in [6.07, 6.45) is 3.50. The van der Waals surface area contributed by atoms with Gasteiger partial charge in [0.1, 0.15) is 5.60 Å². The predicted octanol–water partition coefficient (Wildman–Crippen LogP) is 1.66. The van der Waals surface area contributed by atoms with E-state index in [-0.39, 0.29) is 0 Å². The molecule has 0 saturated carbocycles. The monoisotopic (exact) mass is 244 g/mol. The lowest BCUT2D eigenvalue weighted by atomic mass is 9.98. The number of methoxy groups -OCH3 is 1. The summed E-state index contributed by atoms with van der Waals surface area (Å²) in [5, 5.41) is 0. The van der Waals surface area contributed by atoms with E-state index in [1.54, 1.807) is 19.5 Å². The molecule has 2 N–H and O–H groups in total. The molecule has 1 heterocycles. The molecule has 0 amide bonds. The first-order chi connectivity index (χ1) is 6.12. The Labute approximate surface area is 86.4 Å². The molecule has 1 rings (SSSR count). The smallest absolute Gasteiger partial charge is 0.104 e. The second-order valence-corrected chi connectivity index (χ2v) is 3.95. The van der Waals surface area contributed by atoms with Crippen molar-refractivity contribution in [2.45, 2.75) is 12.5 Å². The third-order valence-corrected chi connectivity index (χ3v) is 2.59. The van der Waals surface area contributed by atoms with Crippen molar-refractivity contribution in [3.63, 3.8) is 0 Å². The maximum Gasteiger partial charge on any atom is 0.104 e. The van der Waals surface area contributed by atoms with Gasteiger partial charge in [-0.15, -0.1) is 0 Å². The summed E-state index contributed by atoms with van der Waals surface area (Å²) in [7, 11) is 1.65. The summed E-state index contributed by atoms with van der Waals surface area (Å²) < 4.78 is 6.27. The number of rotatable bonds is 3. The van der Waals surface area contributed by atoms with E-state index in [2.05, 4.69) is 20.9 Å². The fourth-order valence-electron chi connectivity index (χ4n) is 1.02. The Balaban J connectivity index is 3.05. The van der Waals surface area contributed by atoms with E-state index in [1.807, 2.05) is 13.0 Å². The number of nitrogens with zero attached hydrogens (tertiary/aromatic N) is 1. The maximum atomic E-state index is 5.63. The van der Waals surface area contributed by atoms with Gasteiger partial charge < -0.3 is 10.5 Å². The van der Waals surface area contributed by atoms with Crippen LogP contribution in [-0.2, 0) is 10.3 Å². The Bertz CT molecular complexity index is 287. The van der Waals surface area contributed by atoms with E-state index < -0.39 is 5.60 Å². The summed E-state index contributed by atoms with van der Waals surface area (Å²) >= 11 is 3.35. The molecule has 72 valence electrons. The maximum absolute atomic E-state index is 5.63. The van der Waals surface area contributed by atoms with E-state index >= 15 is 0 Å². The van der Waals surface area contributed by atoms with Crippen molar-refractivity contribution in [2.24, 2.45) is 5.73 Å². The zero-order valence-electron chi connectivity index (χ0n) is 7.75. The van der Waals surface area contributed by atoms with E-state index in [0.717, 1.165) is 10.0 Å². The average molecular weight is 245 g/mol. The van der Waals surface area contributed by atoms with Crippen LogP contribution < -0.4 is 5.73 Å². The van der Waals surface area contributed by atoms with Gasteiger partial charge in [0.05, 0.1) is 0 Å². The number of ether oxygens (including phenoxy) is 1. The molecule has 1 aromatic rings. The minimum Gasteiger partial charge on any atom is -0.372 e. The summed E-state index contributed by atoms with van der Waals surface area (Å²) in [6, 6.07) is 1.96. The predicted molar refractivity (Wildman–Crippen MR) is 55.4 cm³/mol. The lowest BCUT2D eigenvalue weighted by Crippen LogP contribution is -2.33. The molecule has 0 aromatic carbocycles. The van der Waals surface area contributed by atoms with Gasteiger partial charge in [0.15, 0.2) is 0 Å². The highest BCUT2D eigenvalue weighted by Crippen LogP contribution is 2.24. The molecule has 0 saturated heterocycles. The van der Waals surface area contributed by atoms with Gasteiger partial charge in [-0.3, -0.25) is 4.98 Å². The zero-order chi connectivity index (χ0) is 9.90. The van der Waals surface area contributed by atoms with Gasteiger partial charge in [-0.2, -0.15) is 0 Å². The average Bonchev–Trinajstić information content (AvgIpc) is 2.17. The van der Waals surface area contributed by atoms with Crippen LogP contribution in [0.25, 0.3) is 0 Å². The highest BCUT2D eigenvalue weighted by atomic mass is 79.9. The zero-order valence-corrected chi connectivity index (χ0v) is 9.34. The Hall–Kier alpha value is -0.450. The Kier molecular flexibility index (Phi) is 3.41. The topological polar surface area (TPSA) is 48.1 Å². The fraction of sp³-hybridized carbons (Fsp3) is 0.444. The second kappa shape index (κ2) is 4.17. The highest BCUT2D eigenvalue weighted by Gasteiger charge is 2.24. The van der Waals surface area contributed by atoms with Crippen molar-refractivity contribution in [1.82, 2.24) is 4.98 Å². The minimum atomic E-state index is -0.448. The third kappa shape index (κ3) is 2.27. The normalized spacial score (nSPS) is 15.4. The number of pyridine rings is 1. The van der Waals surface area contributed by atoms with Crippen molar-refractivity contribution >= 4 is 15.9 Å². The molecule has 13 heavy (non-hydrogen) atoms. The molecule has 1 aromatic heterocycles. The van der Waals surface area contributed by atoms with E-state index in [4.69, 9.17) is 10.5 Å². The largest absolute Gasteiger partial charge is 0.372 e. The molecule has 4 heteroatoms. The van der Waals surface area contributed by atoms with Crippen molar-refractivity contribution in [3.05, 3.63) is 28.5 Å². The van der Waals surface area contributed by atoms with Crippen LogP contribution in [0.5, 0.6) is 0 Å². The standard InChI is InChI=1S/C9H13BrN2O/c1-9(6-11,13-2)7-3-8(10)5-12-4-7/h3-5H,6,11H2,1-2H3. The first-order valence-electron chi connectivity index (χ1n) is 3.98.